The summed E-state index contributed by atoms with van der Waals surface area (Å²) < 4.78 is 12.0. The Morgan fingerprint density at radius 1 is 0.593 bits per heavy atom. The summed E-state index contributed by atoms with van der Waals surface area (Å²) in [7, 11) is 0. The van der Waals surface area contributed by atoms with Crippen LogP contribution < -0.4 is 5.73 Å². The molecule has 0 aliphatic rings. The molecule has 0 saturated heterocycles. The van der Waals surface area contributed by atoms with E-state index in [1.54, 1.807) is 0 Å². The lowest BCUT2D eigenvalue weighted by Crippen LogP contribution is -1.87. The predicted octanol–water partition coefficient (Wildman–Crippen LogP) is 6.73. The van der Waals surface area contributed by atoms with Gasteiger partial charge in [-0.25, -0.2) is 0 Å². The maximum Gasteiger partial charge on any atom is 0.158 e. The number of hydrogen-bond donors (Lipinski definition) is 1. The fraction of sp³-hybridized carbons (Fsp3) is 0. The minimum atomic E-state index is 0.653. The van der Waals surface area contributed by atoms with Crippen molar-refractivity contribution in [3.63, 3.8) is 0 Å². The van der Waals surface area contributed by atoms with E-state index in [1.807, 2.05) is 48.5 Å². The van der Waals surface area contributed by atoms with Gasteiger partial charge in [-0.05, 0) is 41.5 Å². The first kappa shape index (κ1) is 14.4. The summed E-state index contributed by atoms with van der Waals surface area (Å²) in [6.45, 7) is 0. The normalized spacial score (nSPS) is 11.9. The van der Waals surface area contributed by atoms with E-state index in [1.165, 1.54) is 0 Å². The Morgan fingerprint density at radius 2 is 1.30 bits per heavy atom. The second kappa shape index (κ2) is 5.15. The van der Waals surface area contributed by atoms with E-state index in [4.69, 9.17) is 14.6 Å². The van der Waals surface area contributed by atoms with E-state index in [0.717, 1.165) is 55.0 Å². The van der Waals surface area contributed by atoms with Crippen LogP contribution in [0.4, 0.5) is 5.69 Å². The quantitative estimate of drug-likeness (QED) is 0.335. The molecule has 3 heteroatoms. The third-order valence-corrected chi connectivity index (χ3v) is 5.24. The Bertz CT molecular complexity index is 1490. The SMILES string of the molecule is Nc1ccc(-c2ccc3oc4ccccc4c3c2)c2c1oc1ccccc12. The molecule has 6 rings (SSSR count). The number of furan rings is 2. The number of benzene rings is 4. The van der Waals surface area contributed by atoms with Crippen molar-refractivity contribution in [2.24, 2.45) is 0 Å². The highest BCUT2D eigenvalue weighted by molar-refractivity contribution is 6.16. The van der Waals surface area contributed by atoms with Gasteiger partial charge in [0, 0.05) is 21.5 Å². The topological polar surface area (TPSA) is 52.3 Å². The molecule has 0 bridgehead atoms. The monoisotopic (exact) mass is 349 g/mol. The molecule has 0 amide bonds. The Balaban J connectivity index is 1.72. The lowest BCUT2D eigenvalue weighted by atomic mass is 9.97. The zero-order valence-electron chi connectivity index (χ0n) is 14.4. The van der Waals surface area contributed by atoms with Gasteiger partial charge in [0.25, 0.3) is 0 Å². The van der Waals surface area contributed by atoms with Crippen molar-refractivity contribution in [1.82, 2.24) is 0 Å². The second-order valence-corrected chi connectivity index (χ2v) is 6.81. The lowest BCUT2D eigenvalue weighted by molar-refractivity contribution is 0.669. The van der Waals surface area contributed by atoms with Crippen LogP contribution in [0.2, 0.25) is 0 Å². The van der Waals surface area contributed by atoms with Gasteiger partial charge in [0.2, 0.25) is 0 Å². The van der Waals surface area contributed by atoms with Gasteiger partial charge in [0.05, 0.1) is 5.69 Å². The molecule has 27 heavy (non-hydrogen) atoms. The van der Waals surface area contributed by atoms with Crippen LogP contribution in [0, 0.1) is 0 Å². The molecule has 3 nitrogen and oxygen atoms in total. The standard InChI is InChI=1S/C24H15NO2/c25-19-11-10-15(23-17-6-2-4-8-21(17)27-24(19)23)14-9-12-22-18(13-14)16-5-1-3-7-20(16)26-22/h1-13H,25H2. The van der Waals surface area contributed by atoms with Crippen molar-refractivity contribution >= 4 is 49.6 Å². The average Bonchev–Trinajstić information content (AvgIpc) is 3.27. The van der Waals surface area contributed by atoms with Crippen LogP contribution in [-0.2, 0) is 0 Å². The molecule has 2 heterocycles. The van der Waals surface area contributed by atoms with Gasteiger partial charge >= 0.3 is 0 Å². The van der Waals surface area contributed by atoms with Crippen molar-refractivity contribution in [3.05, 3.63) is 78.9 Å². The number of nitrogens with two attached hydrogens (primary N) is 1. The zero-order chi connectivity index (χ0) is 18.0. The smallest absolute Gasteiger partial charge is 0.158 e. The number of anilines is 1. The summed E-state index contributed by atoms with van der Waals surface area (Å²) in [4.78, 5) is 0. The summed E-state index contributed by atoms with van der Waals surface area (Å²) >= 11 is 0. The molecule has 0 atom stereocenters. The molecule has 0 saturated carbocycles. The molecule has 2 aromatic heterocycles. The van der Waals surface area contributed by atoms with Crippen LogP contribution in [0.5, 0.6) is 0 Å². The van der Waals surface area contributed by atoms with Crippen molar-refractivity contribution < 1.29 is 8.83 Å². The molecule has 6 aromatic rings. The molecule has 2 N–H and O–H groups in total. The number of fused-ring (bicyclic) bond motifs is 6. The molecule has 0 aliphatic heterocycles. The van der Waals surface area contributed by atoms with E-state index in [2.05, 4.69) is 30.3 Å². The van der Waals surface area contributed by atoms with Crippen LogP contribution in [0.1, 0.15) is 0 Å². The molecule has 0 aliphatic carbocycles. The van der Waals surface area contributed by atoms with Crippen molar-refractivity contribution in [1.29, 1.82) is 0 Å². The van der Waals surface area contributed by atoms with Gasteiger partial charge < -0.3 is 14.6 Å². The average molecular weight is 349 g/mol. The molecule has 4 aromatic carbocycles. The minimum absolute atomic E-state index is 0.653. The van der Waals surface area contributed by atoms with Gasteiger partial charge in [-0.3, -0.25) is 0 Å². The summed E-state index contributed by atoms with van der Waals surface area (Å²) in [6.07, 6.45) is 0. The molecule has 0 unspecified atom stereocenters. The first-order chi connectivity index (χ1) is 13.3. The molecule has 0 radical (unpaired) electrons. The van der Waals surface area contributed by atoms with Crippen LogP contribution in [-0.4, -0.2) is 0 Å². The summed E-state index contributed by atoms with van der Waals surface area (Å²) in [6, 6.07) is 26.5. The largest absolute Gasteiger partial charge is 0.456 e. The summed E-state index contributed by atoms with van der Waals surface area (Å²) in [5.74, 6) is 0. The first-order valence-electron chi connectivity index (χ1n) is 8.91. The Labute approximate surface area is 154 Å². The van der Waals surface area contributed by atoms with Crippen LogP contribution in [0.25, 0.3) is 55.0 Å². The Morgan fingerprint density at radius 3 is 2.15 bits per heavy atom. The van der Waals surface area contributed by atoms with Gasteiger partial charge in [-0.2, -0.15) is 0 Å². The van der Waals surface area contributed by atoms with Gasteiger partial charge in [0.15, 0.2) is 5.58 Å². The number of para-hydroxylation sites is 2. The third kappa shape index (κ3) is 1.97. The molecular formula is C24H15NO2. The van der Waals surface area contributed by atoms with Crippen molar-refractivity contribution in [2.45, 2.75) is 0 Å². The van der Waals surface area contributed by atoms with Crippen LogP contribution >= 0.6 is 0 Å². The highest BCUT2D eigenvalue weighted by atomic mass is 16.3. The highest BCUT2D eigenvalue weighted by Gasteiger charge is 2.16. The number of hydrogen-bond acceptors (Lipinski definition) is 3. The van der Waals surface area contributed by atoms with E-state index >= 15 is 0 Å². The van der Waals surface area contributed by atoms with Crippen molar-refractivity contribution in [2.75, 3.05) is 5.73 Å². The maximum atomic E-state index is 6.21. The maximum absolute atomic E-state index is 6.21. The fourth-order valence-corrected chi connectivity index (χ4v) is 3.98. The third-order valence-electron chi connectivity index (χ3n) is 5.24. The summed E-state index contributed by atoms with van der Waals surface area (Å²) in [5.41, 5.74) is 12.5. The second-order valence-electron chi connectivity index (χ2n) is 6.81. The molecule has 0 fully saturated rings. The van der Waals surface area contributed by atoms with E-state index in [9.17, 15) is 0 Å². The first-order valence-corrected chi connectivity index (χ1v) is 8.91. The van der Waals surface area contributed by atoms with Crippen LogP contribution in [0.15, 0.2) is 87.7 Å². The molecular weight excluding hydrogens is 334 g/mol. The molecule has 0 spiro atoms. The van der Waals surface area contributed by atoms with Gasteiger partial charge in [-0.1, -0.05) is 48.5 Å². The minimum Gasteiger partial charge on any atom is -0.456 e. The zero-order valence-corrected chi connectivity index (χ0v) is 14.4. The number of nitrogen functional groups attached to an aromatic ring is 1. The van der Waals surface area contributed by atoms with Crippen LogP contribution in [0.3, 0.4) is 0 Å². The lowest BCUT2D eigenvalue weighted by Gasteiger charge is -2.06. The van der Waals surface area contributed by atoms with E-state index < -0.39 is 0 Å². The van der Waals surface area contributed by atoms with Gasteiger partial charge in [0.1, 0.15) is 16.7 Å². The number of rotatable bonds is 1. The Kier molecular flexibility index (Phi) is 2.75. The molecule has 128 valence electrons. The van der Waals surface area contributed by atoms with Crippen molar-refractivity contribution in [3.8, 4) is 11.1 Å². The summed E-state index contributed by atoms with van der Waals surface area (Å²) in [5, 5.41) is 4.36. The predicted molar refractivity (Wildman–Crippen MR) is 111 cm³/mol. The van der Waals surface area contributed by atoms with E-state index in [-0.39, 0.29) is 0 Å². The van der Waals surface area contributed by atoms with Gasteiger partial charge in [-0.15, -0.1) is 0 Å². The van der Waals surface area contributed by atoms with E-state index in [0.29, 0.717) is 5.69 Å². The highest BCUT2D eigenvalue weighted by Crippen LogP contribution is 2.40. The Hall–Kier alpha value is -3.72. The fourth-order valence-electron chi connectivity index (χ4n) is 3.98.